The third-order valence-corrected chi connectivity index (χ3v) is 6.99. The highest BCUT2D eigenvalue weighted by atomic mass is 16.6. The number of nitrogens with zero attached hydrogens (tertiary/aromatic N) is 2. The maximum Gasteiger partial charge on any atom is 0.410 e. The highest BCUT2D eigenvalue weighted by molar-refractivity contribution is 5.87. The van der Waals surface area contributed by atoms with Crippen LogP contribution in [0.3, 0.4) is 0 Å². The number of carbonyl (C=O) groups is 5. The van der Waals surface area contributed by atoms with Crippen LogP contribution < -0.4 is 10.6 Å². The Morgan fingerprint density at radius 3 is 2.08 bits per heavy atom. The lowest BCUT2D eigenvalue weighted by molar-refractivity contribution is -0.159. The van der Waals surface area contributed by atoms with Gasteiger partial charge in [0.2, 0.25) is 17.7 Å². The second-order valence-corrected chi connectivity index (χ2v) is 13.0. The van der Waals surface area contributed by atoms with E-state index in [9.17, 15) is 24.0 Å². The topological polar surface area (TPSA) is 134 Å². The van der Waals surface area contributed by atoms with E-state index in [0.717, 1.165) is 19.3 Å². The molecule has 0 radical (unpaired) electrons. The van der Waals surface area contributed by atoms with Crippen LogP contribution in [0.2, 0.25) is 0 Å². The minimum Gasteiger partial charge on any atom is -0.458 e. The molecule has 40 heavy (non-hydrogen) atoms. The second-order valence-electron chi connectivity index (χ2n) is 13.0. The van der Waals surface area contributed by atoms with E-state index in [0.29, 0.717) is 51.4 Å². The molecule has 0 aromatic rings. The minimum atomic E-state index is -0.892. The molecular formula is C29H50N4O7. The summed E-state index contributed by atoms with van der Waals surface area (Å²) in [6, 6.07) is -0.892. The molecule has 11 heteroatoms. The van der Waals surface area contributed by atoms with E-state index < -0.39 is 29.1 Å². The number of nitrogens with one attached hydrogen (secondary N) is 2. The summed E-state index contributed by atoms with van der Waals surface area (Å²) < 4.78 is 10.9. The summed E-state index contributed by atoms with van der Waals surface area (Å²) in [4.78, 5) is 65.9. The minimum absolute atomic E-state index is 0.0291. The molecule has 2 N–H and O–H groups in total. The van der Waals surface area contributed by atoms with Crippen LogP contribution in [-0.2, 0) is 28.7 Å². The van der Waals surface area contributed by atoms with Crippen LogP contribution in [0.15, 0.2) is 0 Å². The molecule has 2 atom stereocenters. The van der Waals surface area contributed by atoms with Crippen molar-refractivity contribution in [2.45, 2.75) is 111 Å². The van der Waals surface area contributed by atoms with Gasteiger partial charge in [-0.05, 0) is 86.0 Å². The van der Waals surface area contributed by atoms with Crippen LogP contribution in [0.4, 0.5) is 4.79 Å². The molecule has 0 unspecified atom stereocenters. The summed E-state index contributed by atoms with van der Waals surface area (Å²) in [7, 11) is 0. The van der Waals surface area contributed by atoms with Crippen molar-refractivity contribution in [3.63, 3.8) is 0 Å². The van der Waals surface area contributed by atoms with E-state index in [4.69, 9.17) is 9.47 Å². The molecule has 0 bridgehead atoms. The number of hydrogen-bond donors (Lipinski definition) is 2. The summed E-state index contributed by atoms with van der Waals surface area (Å²) in [5, 5.41) is 5.46. The predicted octanol–water partition coefficient (Wildman–Crippen LogP) is 3.01. The first kappa shape index (κ1) is 33.4. The van der Waals surface area contributed by atoms with Crippen molar-refractivity contribution < 1.29 is 33.4 Å². The van der Waals surface area contributed by atoms with E-state index in [-0.39, 0.29) is 36.8 Å². The molecule has 0 saturated carbocycles. The van der Waals surface area contributed by atoms with Crippen LogP contribution in [-0.4, -0.2) is 89.6 Å². The van der Waals surface area contributed by atoms with Gasteiger partial charge in [0.25, 0.3) is 0 Å². The van der Waals surface area contributed by atoms with Crippen LogP contribution >= 0.6 is 0 Å². The molecule has 2 heterocycles. The highest BCUT2D eigenvalue weighted by Gasteiger charge is 2.33. The number of ether oxygens (including phenoxy) is 2. The van der Waals surface area contributed by atoms with Crippen molar-refractivity contribution in [3.05, 3.63) is 0 Å². The third kappa shape index (κ3) is 12.1. The molecule has 2 fully saturated rings. The van der Waals surface area contributed by atoms with Gasteiger partial charge in [-0.3, -0.25) is 14.4 Å². The Bertz CT molecular complexity index is 901. The molecular weight excluding hydrogens is 516 g/mol. The van der Waals surface area contributed by atoms with Crippen LogP contribution in [0.25, 0.3) is 0 Å². The van der Waals surface area contributed by atoms with Gasteiger partial charge < -0.3 is 29.9 Å². The highest BCUT2D eigenvalue weighted by Crippen LogP contribution is 2.25. The fourth-order valence-corrected chi connectivity index (χ4v) is 4.94. The smallest absolute Gasteiger partial charge is 0.410 e. The predicted molar refractivity (Wildman–Crippen MR) is 150 cm³/mol. The molecule has 2 rings (SSSR count). The average Bonchev–Trinajstić information content (AvgIpc) is 2.84. The SMILES string of the molecule is CC(=O)NCC[C@H](NC(=O)[C@@H]1CCCN(C(=O)CCC2CCN(C(=O)OC(C)(C)C)CC2)C1)C(=O)OC(C)(C)C. The lowest BCUT2D eigenvalue weighted by atomic mass is 9.91. The van der Waals surface area contributed by atoms with Gasteiger partial charge in [-0.15, -0.1) is 0 Å². The zero-order valence-corrected chi connectivity index (χ0v) is 25.5. The van der Waals surface area contributed by atoms with Gasteiger partial charge in [0, 0.05) is 46.1 Å². The van der Waals surface area contributed by atoms with Crippen LogP contribution in [0, 0.1) is 11.8 Å². The Hall–Kier alpha value is -2.85. The first-order valence-corrected chi connectivity index (χ1v) is 14.6. The van der Waals surface area contributed by atoms with Crippen LogP contribution in [0.1, 0.15) is 93.4 Å². The number of likely N-dealkylation sites (tertiary alicyclic amines) is 2. The molecule has 11 nitrogen and oxygen atoms in total. The Labute approximate surface area is 239 Å². The number of esters is 1. The third-order valence-electron chi connectivity index (χ3n) is 6.99. The Balaban J connectivity index is 1.84. The maximum atomic E-state index is 13.1. The van der Waals surface area contributed by atoms with Crippen molar-refractivity contribution >= 4 is 29.8 Å². The average molecular weight is 567 g/mol. The summed E-state index contributed by atoms with van der Waals surface area (Å²) in [6.45, 7) is 14.6. The van der Waals surface area contributed by atoms with Gasteiger partial charge in [-0.2, -0.15) is 0 Å². The van der Waals surface area contributed by atoms with Gasteiger partial charge in [0.15, 0.2) is 0 Å². The summed E-state index contributed by atoms with van der Waals surface area (Å²) in [5.74, 6) is -1.07. The summed E-state index contributed by atoms with van der Waals surface area (Å²) in [5.41, 5.74) is -1.23. The molecule has 0 aliphatic carbocycles. The normalized spacial score (nSPS) is 19.4. The fraction of sp³-hybridized carbons (Fsp3) is 0.828. The first-order valence-electron chi connectivity index (χ1n) is 14.6. The number of carbonyl (C=O) groups excluding carboxylic acids is 5. The Morgan fingerprint density at radius 2 is 1.50 bits per heavy atom. The molecule has 228 valence electrons. The maximum absolute atomic E-state index is 13.1. The molecule has 2 aliphatic rings. The van der Waals surface area contributed by atoms with Gasteiger partial charge >= 0.3 is 12.1 Å². The monoisotopic (exact) mass is 566 g/mol. The number of hydrogen-bond acceptors (Lipinski definition) is 7. The number of rotatable bonds is 9. The second kappa shape index (κ2) is 14.7. The van der Waals surface area contributed by atoms with Gasteiger partial charge in [-0.25, -0.2) is 9.59 Å². The van der Waals surface area contributed by atoms with Gasteiger partial charge in [-0.1, -0.05) is 0 Å². The van der Waals surface area contributed by atoms with E-state index >= 15 is 0 Å². The Morgan fingerprint density at radius 1 is 0.875 bits per heavy atom. The van der Waals surface area contributed by atoms with Crippen molar-refractivity contribution in [3.8, 4) is 0 Å². The molecule has 2 saturated heterocycles. The number of amides is 4. The van der Waals surface area contributed by atoms with Crippen molar-refractivity contribution in [1.82, 2.24) is 20.4 Å². The zero-order valence-electron chi connectivity index (χ0n) is 25.5. The standard InChI is InChI=1S/C29H50N4O7/c1-20(34)30-15-12-23(26(37)39-28(2,3)4)31-25(36)22-9-8-16-33(19-22)24(35)11-10-21-13-17-32(18-14-21)27(38)40-29(5,6)7/h21-23H,8-19H2,1-7H3,(H,30,34)(H,31,36)/t22-,23+/m1/s1. The van der Waals surface area contributed by atoms with Crippen molar-refractivity contribution in [2.24, 2.45) is 11.8 Å². The van der Waals surface area contributed by atoms with Gasteiger partial charge in [0.1, 0.15) is 17.2 Å². The quantitative estimate of drug-likeness (QED) is 0.410. The van der Waals surface area contributed by atoms with Crippen LogP contribution in [0.5, 0.6) is 0 Å². The van der Waals surface area contributed by atoms with Crippen molar-refractivity contribution in [2.75, 3.05) is 32.7 Å². The summed E-state index contributed by atoms with van der Waals surface area (Å²) >= 11 is 0. The molecule has 2 aliphatic heterocycles. The zero-order chi connectivity index (χ0) is 30.1. The molecule has 0 spiro atoms. The van der Waals surface area contributed by atoms with E-state index in [1.807, 2.05) is 20.8 Å². The lowest BCUT2D eigenvalue weighted by Gasteiger charge is -2.35. The molecule has 0 aromatic carbocycles. The molecule has 4 amide bonds. The van der Waals surface area contributed by atoms with Crippen molar-refractivity contribution in [1.29, 1.82) is 0 Å². The van der Waals surface area contributed by atoms with E-state index in [1.54, 1.807) is 30.6 Å². The lowest BCUT2D eigenvalue weighted by Crippen LogP contribution is -2.51. The van der Waals surface area contributed by atoms with E-state index in [1.165, 1.54) is 6.92 Å². The van der Waals surface area contributed by atoms with E-state index in [2.05, 4.69) is 10.6 Å². The largest absolute Gasteiger partial charge is 0.458 e. The first-order chi connectivity index (χ1) is 18.5. The fourth-order valence-electron chi connectivity index (χ4n) is 4.94. The molecule has 0 aromatic heterocycles. The number of piperidine rings is 2. The van der Waals surface area contributed by atoms with Gasteiger partial charge in [0.05, 0.1) is 5.92 Å². The Kier molecular flexibility index (Phi) is 12.2. The summed E-state index contributed by atoms with van der Waals surface area (Å²) in [6.07, 6.45) is 4.09.